The molecular weight excluding hydrogens is 472 g/mol. The van der Waals surface area contributed by atoms with E-state index in [0.717, 1.165) is 24.8 Å². The number of allylic oxidation sites excluding steroid dienone is 1. The second-order valence-electron chi connectivity index (χ2n) is 14.7. The summed E-state index contributed by atoms with van der Waals surface area (Å²) in [5, 5.41) is 43.9. The van der Waals surface area contributed by atoms with E-state index in [1.807, 2.05) is 27.7 Å². The quantitative estimate of drug-likeness (QED) is 0.447. The van der Waals surface area contributed by atoms with E-state index in [1.165, 1.54) is 0 Å². The Labute approximate surface area is 221 Å². The van der Waals surface area contributed by atoms with Gasteiger partial charge in [-0.1, -0.05) is 13.8 Å². The molecule has 1 saturated heterocycles. The lowest BCUT2D eigenvalue weighted by atomic mass is 9.45. The number of aliphatic hydroxyl groups is 4. The highest BCUT2D eigenvalue weighted by atomic mass is 16.8. The SMILES string of the molecule is CC(C)(O)CC[C@H]1OC(C)(C)O[C@]1(C)[C@H]1CC[C@@]2(O)C3=CC(=O)[C@H]4C[C@H](O)[C@H](O)C[C@]4(C)[C@H]3CC[C@]12C. The predicted molar refractivity (Wildman–Crippen MR) is 138 cm³/mol. The van der Waals surface area contributed by atoms with Gasteiger partial charge in [-0.05, 0) is 115 Å². The zero-order chi connectivity index (χ0) is 27.4. The Balaban J connectivity index is 1.51. The molecule has 0 aromatic heterocycles. The summed E-state index contributed by atoms with van der Waals surface area (Å²) in [7, 11) is 0. The molecule has 1 heterocycles. The molecule has 4 aliphatic carbocycles. The zero-order valence-electron chi connectivity index (χ0n) is 23.7. The second kappa shape index (κ2) is 8.34. The molecule has 3 saturated carbocycles. The first-order valence-electron chi connectivity index (χ1n) is 14.3. The van der Waals surface area contributed by atoms with Crippen LogP contribution in [0.1, 0.15) is 99.8 Å². The van der Waals surface area contributed by atoms with Crippen LogP contribution in [0.5, 0.6) is 0 Å². The van der Waals surface area contributed by atoms with Gasteiger partial charge in [0.05, 0.1) is 35.1 Å². The number of fused-ring (bicyclic) bond motifs is 5. The third-order valence-corrected chi connectivity index (χ3v) is 11.4. The van der Waals surface area contributed by atoms with E-state index in [2.05, 4.69) is 20.8 Å². The van der Waals surface area contributed by atoms with Crippen LogP contribution >= 0.6 is 0 Å². The lowest BCUT2D eigenvalue weighted by molar-refractivity contribution is -0.191. The summed E-state index contributed by atoms with van der Waals surface area (Å²) in [6, 6.07) is 0. The molecule has 0 unspecified atom stereocenters. The molecular formula is C30H48O7. The monoisotopic (exact) mass is 520 g/mol. The average Bonchev–Trinajstić information content (AvgIpc) is 3.17. The fraction of sp³-hybridized carbons (Fsp3) is 0.900. The lowest BCUT2D eigenvalue weighted by Crippen LogP contribution is -2.62. The molecule has 210 valence electrons. The van der Waals surface area contributed by atoms with Crippen molar-refractivity contribution in [1.29, 1.82) is 0 Å². The van der Waals surface area contributed by atoms with Crippen molar-refractivity contribution in [2.24, 2.45) is 28.6 Å². The number of hydrogen-bond acceptors (Lipinski definition) is 7. The molecule has 10 atom stereocenters. The van der Waals surface area contributed by atoms with E-state index >= 15 is 0 Å². The Bertz CT molecular complexity index is 983. The first kappa shape index (κ1) is 27.7. The van der Waals surface area contributed by atoms with E-state index in [4.69, 9.17) is 9.47 Å². The van der Waals surface area contributed by atoms with E-state index in [9.17, 15) is 25.2 Å². The number of ether oxygens (including phenoxy) is 2. The molecule has 0 spiro atoms. The minimum Gasteiger partial charge on any atom is -0.390 e. The highest BCUT2D eigenvalue weighted by Crippen LogP contribution is 2.69. The number of hydrogen-bond donors (Lipinski definition) is 4. The molecule has 7 nitrogen and oxygen atoms in total. The Morgan fingerprint density at radius 2 is 1.70 bits per heavy atom. The first-order chi connectivity index (χ1) is 16.9. The van der Waals surface area contributed by atoms with Crippen LogP contribution in [0.15, 0.2) is 11.6 Å². The van der Waals surface area contributed by atoms with Gasteiger partial charge in [0.15, 0.2) is 11.6 Å². The van der Waals surface area contributed by atoms with Crippen LogP contribution in [0.25, 0.3) is 0 Å². The normalized spacial score (nSPS) is 51.3. The van der Waals surface area contributed by atoms with E-state index in [-0.39, 0.29) is 36.1 Å². The molecule has 37 heavy (non-hydrogen) atoms. The van der Waals surface area contributed by atoms with Crippen LogP contribution in [0.3, 0.4) is 0 Å². The summed E-state index contributed by atoms with van der Waals surface area (Å²) < 4.78 is 13.1. The van der Waals surface area contributed by atoms with Gasteiger partial charge in [0, 0.05) is 11.3 Å². The average molecular weight is 521 g/mol. The minimum absolute atomic E-state index is 0.000157. The smallest absolute Gasteiger partial charge is 0.164 e. The van der Waals surface area contributed by atoms with Crippen LogP contribution in [0, 0.1) is 28.6 Å². The van der Waals surface area contributed by atoms with Crippen LogP contribution in [-0.4, -0.2) is 67.1 Å². The maximum absolute atomic E-state index is 13.4. The van der Waals surface area contributed by atoms with Gasteiger partial charge in [-0.2, -0.15) is 0 Å². The Morgan fingerprint density at radius 3 is 2.35 bits per heavy atom. The summed E-state index contributed by atoms with van der Waals surface area (Å²) in [4.78, 5) is 13.4. The fourth-order valence-electron chi connectivity index (χ4n) is 9.49. The molecule has 1 aliphatic heterocycles. The van der Waals surface area contributed by atoms with Gasteiger partial charge in [-0.3, -0.25) is 4.79 Å². The van der Waals surface area contributed by atoms with Crippen molar-refractivity contribution in [2.75, 3.05) is 0 Å². The first-order valence-corrected chi connectivity index (χ1v) is 14.3. The molecule has 4 N–H and O–H groups in total. The van der Waals surface area contributed by atoms with Gasteiger partial charge in [-0.15, -0.1) is 0 Å². The standard InChI is InChI=1S/C30H48O7/c1-25(2,34)11-10-24-29(7,37-26(3,4)36-24)23-9-13-30(35)18-14-20(31)19-15-21(32)22(33)16-27(19,5)17(18)8-12-28(23,30)6/h14,17,19,21-24,32-35H,8-13,15-16H2,1-7H3/t17-,19+,21-,22+,23-,24+,27+,28+,29+,30+/m0/s1. The molecule has 0 bridgehead atoms. The number of rotatable bonds is 4. The maximum Gasteiger partial charge on any atom is 0.164 e. The van der Waals surface area contributed by atoms with Gasteiger partial charge in [0.25, 0.3) is 0 Å². The highest BCUT2D eigenvalue weighted by Gasteiger charge is 2.71. The second-order valence-corrected chi connectivity index (χ2v) is 14.7. The fourth-order valence-corrected chi connectivity index (χ4v) is 9.49. The lowest BCUT2D eigenvalue weighted by Gasteiger charge is -2.60. The van der Waals surface area contributed by atoms with Crippen LogP contribution in [-0.2, 0) is 14.3 Å². The third kappa shape index (κ3) is 4.02. The Hall–Kier alpha value is -0.830. The minimum atomic E-state index is -1.15. The predicted octanol–water partition coefficient (Wildman–Crippen LogP) is 3.65. The van der Waals surface area contributed by atoms with Crippen molar-refractivity contribution < 1.29 is 34.7 Å². The number of aliphatic hydroxyl groups excluding tert-OH is 2. The van der Waals surface area contributed by atoms with E-state index in [0.29, 0.717) is 25.7 Å². The van der Waals surface area contributed by atoms with Crippen molar-refractivity contribution in [3.8, 4) is 0 Å². The number of carbonyl (C=O) groups is 1. The summed E-state index contributed by atoms with van der Waals surface area (Å²) in [6.45, 7) is 13.8. The molecule has 5 aliphatic rings. The van der Waals surface area contributed by atoms with Gasteiger partial charge in [0.2, 0.25) is 0 Å². The van der Waals surface area contributed by atoms with E-state index in [1.54, 1.807) is 6.08 Å². The number of ketones is 1. The summed E-state index contributed by atoms with van der Waals surface area (Å²) in [5.41, 5.74) is -2.79. The van der Waals surface area contributed by atoms with Crippen molar-refractivity contribution in [3.63, 3.8) is 0 Å². The topological polar surface area (TPSA) is 116 Å². The van der Waals surface area contributed by atoms with Gasteiger partial charge in [-0.25, -0.2) is 0 Å². The molecule has 4 fully saturated rings. The van der Waals surface area contributed by atoms with Crippen LogP contribution in [0.2, 0.25) is 0 Å². The Kier molecular flexibility index (Phi) is 6.25. The molecule has 5 rings (SSSR count). The summed E-state index contributed by atoms with van der Waals surface area (Å²) in [6.07, 6.45) is 4.51. The summed E-state index contributed by atoms with van der Waals surface area (Å²) >= 11 is 0. The van der Waals surface area contributed by atoms with Crippen LogP contribution in [0.4, 0.5) is 0 Å². The molecule has 7 heteroatoms. The van der Waals surface area contributed by atoms with Crippen molar-refractivity contribution >= 4 is 5.78 Å². The van der Waals surface area contributed by atoms with Gasteiger partial charge < -0.3 is 29.9 Å². The Morgan fingerprint density at radius 1 is 1.03 bits per heavy atom. The molecule has 0 aromatic rings. The molecule has 0 radical (unpaired) electrons. The van der Waals surface area contributed by atoms with Crippen molar-refractivity contribution in [2.45, 2.75) is 141 Å². The summed E-state index contributed by atoms with van der Waals surface area (Å²) in [5.74, 6) is -1.14. The third-order valence-electron chi connectivity index (χ3n) is 11.4. The van der Waals surface area contributed by atoms with E-state index < -0.39 is 45.6 Å². The maximum atomic E-state index is 13.4. The van der Waals surface area contributed by atoms with Crippen LogP contribution < -0.4 is 0 Å². The largest absolute Gasteiger partial charge is 0.390 e. The van der Waals surface area contributed by atoms with Crippen molar-refractivity contribution in [3.05, 3.63) is 11.6 Å². The van der Waals surface area contributed by atoms with Crippen molar-refractivity contribution in [1.82, 2.24) is 0 Å². The number of carbonyl (C=O) groups excluding carboxylic acids is 1. The zero-order valence-corrected chi connectivity index (χ0v) is 23.7. The van der Waals surface area contributed by atoms with Gasteiger partial charge in [0.1, 0.15) is 0 Å². The molecule has 0 aromatic carbocycles. The molecule has 0 amide bonds. The van der Waals surface area contributed by atoms with Gasteiger partial charge >= 0.3 is 0 Å². The highest BCUT2D eigenvalue weighted by molar-refractivity contribution is 5.95.